The fourth-order valence-corrected chi connectivity index (χ4v) is 1.58. The summed E-state index contributed by atoms with van der Waals surface area (Å²) in [4.78, 5) is 16.8. The fourth-order valence-electron chi connectivity index (χ4n) is 1.24. The lowest BCUT2D eigenvalue weighted by atomic mass is 10.00. The minimum Gasteiger partial charge on any atom is -0.387 e. The van der Waals surface area contributed by atoms with Crippen LogP contribution < -0.4 is 0 Å². The van der Waals surface area contributed by atoms with E-state index in [1.165, 1.54) is 0 Å². The molecule has 16 heavy (non-hydrogen) atoms. The lowest BCUT2D eigenvalue weighted by Gasteiger charge is -2.38. The molecule has 5 atom stereocenters. The molecular formula is C6H13O9P. The molecule has 9 nitrogen and oxygen atoms in total. The van der Waals surface area contributed by atoms with E-state index in [1.54, 1.807) is 0 Å². The molecule has 1 rings (SSSR count). The SMILES string of the molecule is O=P(O)(O)OCC1OC(O)C(O)[C@@H](O)[C@@H]1O. The van der Waals surface area contributed by atoms with Crippen LogP contribution >= 0.6 is 7.82 Å². The minimum atomic E-state index is -4.73. The zero-order chi connectivity index (χ0) is 12.5. The standard InChI is InChI=1S/C6H13O9P/c7-3-2(1-14-16(11,12)13)15-6(10)5(9)4(3)8/h2-10H,1H2,(H2,11,12,13)/t2?,3-,4+,5?,6?/m1/s1. The summed E-state index contributed by atoms with van der Waals surface area (Å²) in [5, 5.41) is 36.7. The third kappa shape index (κ3) is 3.45. The first-order valence-electron chi connectivity index (χ1n) is 4.30. The van der Waals surface area contributed by atoms with E-state index in [2.05, 4.69) is 9.26 Å². The zero-order valence-electron chi connectivity index (χ0n) is 7.95. The van der Waals surface area contributed by atoms with E-state index in [9.17, 15) is 14.8 Å². The molecule has 1 aliphatic rings. The van der Waals surface area contributed by atoms with Crippen molar-refractivity contribution in [2.24, 2.45) is 0 Å². The van der Waals surface area contributed by atoms with Gasteiger partial charge >= 0.3 is 7.82 Å². The Hall–Kier alpha value is -0.0900. The number of ether oxygens (including phenoxy) is 1. The highest BCUT2D eigenvalue weighted by Gasteiger charge is 2.43. The van der Waals surface area contributed by atoms with Gasteiger partial charge in [0.15, 0.2) is 6.29 Å². The molecule has 0 amide bonds. The van der Waals surface area contributed by atoms with Crippen LogP contribution in [-0.2, 0) is 13.8 Å². The topological polar surface area (TPSA) is 157 Å². The summed E-state index contributed by atoms with van der Waals surface area (Å²) in [5.74, 6) is 0. The Morgan fingerprint density at radius 2 is 1.62 bits per heavy atom. The van der Waals surface area contributed by atoms with Crippen LogP contribution in [0.2, 0.25) is 0 Å². The van der Waals surface area contributed by atoms with E-state index in [4.69, 9.17) is 20.0 Å². The lowest BCUT2D eigenvalue weighted by Crippen LogP contribution is -2.58. The maximum Gasteiger partial charge on any atom is 0.469 e. The molecule has 0 aromatic heterocycles. The van der Waals surface area contributed by atoms with E-state index in [0.29, 0.717) is 0 Å². The molecule has 0 bridgehead atoms. The number of hydrogen-bond acceptors (Lipinski definition) is 7. The normalized spacial score (nSPS) is 41.0. The fraction of sp³-hybridized carbons (Fsp3) is 1.00. The summed E-state index contributed by atoms with van der Waals surface area (Å²) in [7, 11) is -4.73. The van der Waals surface area contributed by atoms with Crippen LogP contribution in [0.1, 0.15) is 0 Å². The van der Waals surface area contributed by atoms with Gasteiger partial charge in [-0.1, -0.05) is 0 Å². The molecule has 1 aliphatic heterocycles. The van der Waals surface area contributed by atoms with Gasteiger partial charge in [0.25, 0.3) is 0 Å². The average molecular weight is 260 g/mol. The largest absolute Gasteiger partial charge is 0.469 e. The Kier molecular flexibility index (Phi) is 4.41. The summed E-state index contributed by atoms with van der Waals surface area (Å²) in [5.41, 5.74) is 0. The average Bonchev–Trinajstić information content (AvgIpc) is 2.17. The first-order valence-corrected chi connectivity index (χ1v) is 5.83. The summed E-state index contributed by atoms with van der Waals surface area (Å²) < 4.78 is 19.0. The predicted octanol–water partition coefficient (Wildman–Crippen LogP) is -3.10. The summed E-state index contributed by atoms with van der Waals surface area (Å²) in [6, 6.07) is 0. The van der Waals surface area contributed by atoms with Crippen LogP contribution in [0.3, 0.4) is 0 Å². The maximum absolute atomic E-state index is 10.4. The van der Waals surface area contributed by atoms with Gasteiger partial charge in [-0.05, 0) is 0 Å². The van der Waals surface area contributed by atoms with Gasteiger partial charge in [-0.25, -0.2) is 4.57 Å². The van der Waals surface area contributed by atoms with Crippen molar-refractivity contribution in [3.05, 3.63) is 0 Å². The van der Waals surface area contributed by atoms with Crippen molar-refractivity contribution >= 4 is 7.82 Å². The van der Waals surface area contributed by atoms with Crippen LogP contribution in [-0.4, -0.2) is 67.5 Å². The number of phosphoric acid groups is 1. The van der Waals surface area contributed by atoms with Gasteiger partial charge in [0, 0.05) is 0 Å². The van der Waals surface area contributed by atoms with E-state index < -0.39 is 45.1 Å². The molecule has 1 saturated heterocycles. The van der Waals surface area contributed by atoms with Gasteiger partial charge < -0.3 is 34.9 Å². The number of hydrogen-bond donors (Lipinski definition) is 6. The van der Waals surface area contributed by atoms with Crippen LogP contribution in [0.25, 0.3) is 0 Å². The van der Waals surface area contributed by atoms with Crippen LogP contribution in [0.4, 0.5) is 0 Å². The second kappa shape index (κ2) is 5.05. The monoisotopic (exact) mass is 260 g/mol. The molecule has 10 heteroatoms. The highest BCUT2D eigenvalue weighted by Crippen LogP contribution is 2.36. The van der Waals surface area contributed by atoms with Gasteiger partial charge in [-0.15, -0.1) is 0 Å². The molecule has 1 heterocycles. The van der Waals surface area contributed by atoms with Crippen molar-refractivity contribution in [1.82, 2.24) is 0 Å². The zero-order valence-corrected chi connectivity index (χ0v) is 8.84. The smallest absolute Gasteiger partial charge is 0.387 e. The van der Waals surface area contributed by atoms with Crippen molar-refractivity contribution < 1.29 is 44.0 Å². The predicted molar refractivity (Wildman–Crippen MR) is 46.9 cm³/mol. The van der Waals surface area contributed by atoms with Gasteiger partial charge in [-0.2, -0.15) is 0 Å². The Balaban J connectivity index is 2.57. The maximum atomic E-state index is 10.4. The molecular weight excluding hydrogens is 247 g/mol. The molecule has 0 aromatic carbocycles. The quantitative estimate of drug-likeness (QED) is 0.289. The summed E-state index contributed by atoms with van der Waals surface area (Å²) >= 11 is 0. The van der Waals surface area contributed by atoms with Gasteiger partial charge in [0.1, 0.15) is 24.4 Å². The Morgan fingerprint density at radius 1 is 1.06 bits per heavy atom. The molecule has 3 unspecified atom stereocenters. The van der Waals surface area contributed by atoms with E-state index in [1.807, 2.05) is 0 Å². The minimum absolute atomic E-state index is 0.730. The molecule has 96 valence electrons. The second-order valence-corrected chi connectivity index (χ2v) is 4.56. The van der Waals surface area contributed by atoms with Gasteiger partial charge in [0.05, 0.1) is 6.61 Å². The number of aliphatic hydroxyl groups is 4. The van der Waals surface area contributed by atoms with Crippen LogP contribution in [0.15, 0.2) is 0 Å². The number of aliphatic hydroxyl groups excluding tert-OH is 4. The third-order valence-corrected chi connectivity index (χ3v) is 2.58. The molecule has 0 aliphatic carbocycles. The van der Waals surface area contributed by atoms with Crippen molar-refractivity contribution in [2.45, 2.75) is 30.7 Å². The first-order chi connectivity index (χ1) is 7.22. The summed E-state index contributed by atoms with van der Waals surface area (Å²) in [6.45, 7) is -0.730. The van der Waals surface area contributed by atoms with Crippen molar-refractivity contribution in [3.63, 3.8) is 0 Å². The molecule has 6 N–H and O–H groups in total. The van der Waals surface area contributed by atoms with E-state index >= 15 is 0 Å². The highest BCUT2D eigenvalue weighted by molar-refractivity contribution is 7.46. The Morgan fingerprint density at radius 3 is 2.12 bits per heavy atom. The highest BCUT2D eigenvalue weighted by atomic mass is 31.2. The van der Waals surface area contributed by atoms with Gasteiger partial charge in [-0.3, -0.25) is 4.52 Å². The van der Waals surface area contributed by atoms with Crippen molar-refractivity contribution in [2.75, 3.05) is 6.61 Å². The van der Waals surface area contributed by atoms with Crippen LogP contribution in [0.5, 0.6) is 0 Å². The summed E-state index contributed by atoms with van der Waals surface area (Å²) in [6.07, 6.45) is -8.11. The number of phosphoric ester groups is 1. The number of rotatable bonds is 3. The lowest BCUT2D eigenvalue weighted by molar-refractivity contribution is -0.285. The van der Waals surface area contributed by atoms with E-state index in [-0.39, 0.29) is 0 Å². The van der Waals surface area contributed by atoms with Crippen LogP contribution in [0, 0.1) is 0 Å². The first kappa shape index (κ1) is 14.0. The molecule has 0 radical (unpaired) electrons. The van der Waals surface area contributed by atoms with Gasteiger partial charge in [0.2, 0.25) is 0 Å². The Bertz CT molecular complexity index is 277. The van der Waals surface area contributed by atoms with Crippen molar-refractivity contribution in [3.8, 4) is 0 Å². The Labute approximate surface area is 90.1 Å². The molecule has 0 spiro atoms. The molecule has 1 fully saturated rings. The van der Waals surface area contributed by atoms with E-state index in [0.717, 1.165) is 0 Å². The van der Waals surface area contributed by atoms with Crippen molar-refractivity contribution in [1.29, 1.82) is 0 Å². The third-order valence-electron chi connectivity index (χ3n) is 2.09. The molecule has 0 aromatic rings. The second-order valence-electron chi connectivity index (χ2n) is 3.32. The molecule has 0 saturated carbocycles.